The van der Waals surface area contributed by atoms with Gasteiger partial charge in [0, 0.05) is 22.0 Å². The summed E-state index contributed by atoms with van der Waals surface area (Å²) in [5.41, 5.74) is 5.29. The smallest absolute Gasteiger partial charge is 0.162 e. The molecule has 0 spiro atoms. The van der Waals surface area contributed by atoms with E-state index in [0.717, 1.165) is 75.8 Å². The Kier molecular flexibility index (Phi) is 7.81. The van der Waals surface area contributed by atoms with Crippen LogP contribution in [0.25, 0.3) is 33.4 Å². The Labute approximate surface area is 208 Å². The lowest BCUT2D eigenvalue weighted by atomic mass is 10.0. The number of aromatic nitrogens is 2. The van der Waals surface area contributed by atoms with Crippen LogP contribution in [0.15, 0.2) is 66.7 Å². The van der Waals surface area contributed by atoms with Crippen LogP contribution < -0.4 is 5.32 Å². The van der Waals surface area contributed by atoms with Crippen LogP contribution in [0.4, 0.5) is 5.82 Å². The lowest BCUT2D eigenvalue weighted by Gasteiger charge is -2.19. The predicted octanol–water partition coefficient (Wildman–Crippen LogP) is 7.46. The normalized spacial score (nSPS) is 12.3. The van der Waals surface area contributed by atoms with Gasteiger partial charge >= 0.3 is 0 Å². The first-order chi connectivity index (χ1) is 16.4. The fourth-order valence-corrected chi connectivity index (χ4v) is 4.36. The Bertz CT molecular complexity index is 1270. The summed E-state index contributed by atoms with van der Waals surface area (Å²) in [5, 5.41) is 5.47. The fraction of sp³-hybridized carbons (Fsp3) is 0.310. The van der Waals surface area contributed by atoms with Gasteiger partial charge in [-0.15, -0.1) is 0 Å². The first-order valence-corrected chi connectivity index (χ1v) is 12.4. The van der Waals surface area contributed by atoms with E-state index in [4.69, 9.17) is 21.6 Å². The standard InChI is InChI=1S/C29H33ClN4/c1-5-34(4)17-9-11-21(3)31-29-26-16-6-10-20(2)27(26)32-28(33-29)24-14-7-12-22(18-24)23-13-8-15-25(30)19-23/h6-8,10,12-16,18-19,21H,5,9,11,17H2,1-4H3,(H,31,32,33). The molecule has 1 heterocycles. The highest BCUT2D eigenvalue weighted by atomic mass is 35.5. The van der Waals surface area contributed by atoms with Gasteiger partial charge in [0.25, 0.3) is 0 Å². The molecule has 1 unspecified atom stereocenters. The van der Waals surface area contributed by atoms with Crippen LogP contribution in [0, 0.1) is 6.92 Å². The summed E-state index contributed by atoms with van der Waals surface area (Å²) < 4.78 is 0. The Morgan fingerprint density at radius 3 is 2.41 bits per heavy atom. The Morgan fingerprint density at radius 2 is 1.65 bits per heavy atom. The van der Waals surface area contributed by atoms with Crippen molar-refractivity contribution in [3.05, 3.63) is 77.3 Å². The number of para-hydroxylation sites is 1. The number of nitrogens with zero attached hydrogens (tertiary/aromatic N) is 3. The number of benzene rings is 3. The van der Waals surface area contributed by atoms with Crippen LogP contribution in [-0.4, -0.2) is 41.0 Å². The second-order valence-corrected chi connectivity index (χ2v) is 9.48. The van der Waals surface area contributed by atoms with Crippen molar-refractivity contribution in [3.63, 3.8) is 0 Å². The molecule has 0 amide bonds. The number of hydrogen-bond acceptors (Lipinski definition) is 4. The number of hydrogen-bond donors (Lipinski definition) is 1. The summed E-state index contributed by atoms with van der Waals surface area (Å²) in [7, 11) is 2.17. The molecule has 0 fully saturated rings. The zero-order valence-corrected chi connectivity index (χ0v) is 21.2. The number of rotatable bonds is 9. The van der Waals surface area contributed by atoms with Crippen molar-refractivity contribution in [3.8, 4) is 22.5 Å². The molecule has 0 radical (unpaired) electrons. The SMILES string of the molecule is CCN(C)CCCC(C)Nc1nc(-c2cccc(-c3cccc(Cl)c3)c2)nc2c(C)cccc12. The van der Waals surface area contributed by atoms with Gasteiger partial charge in [0.15, 0.2) is 5.82 Å². The number of anilines is 1. The Balaban J connectivity index is 1.68. The molecule has 1 N–H and O–H groups in total. The molecule has 0 aliphatic heterocycles. The molecule has 176 valence electrons. The van der Waals surface area contributed by atoms with Gasteiger partial charge in [0.1, 0.15) is 5.82 Å². The average Bonchev–Trinajstić information content (AvgIpc) is 2.84. The van der Waals surface area contributed by atoms with Crippen molar-refractivity contribution < 1.29 is 0 Å². The van der Waals surface area contributed by atoms with E-state index in [9.17, 15) is 0 Å². The molecule has 0 bridgehead atoms. The van der Waals surface area contributed by atoms with E-state index >= 15 is 0 Å². The molecular weight excluding hydrogens is 440 g/mol. The van der Waals surface area contributed by atoms with Crippen LogP contribution in [-0.2, 0) is 0 Å². The molecule has 1 atom stereocenters. The van der Waals surface area contributed by atoms with Crippen molar-refractivity contribution >= 4 is 28.3 Å². The van der Waals surface area contributed by atoms with Gasteiger partial charge in [0.2, 0.25) is 0 Å². The third-order valence-corrected chi connectivity index (χ3v) is 6.54. The first-order valence-electron chi connectivity index (χ1n) is 12.0. The second-order valence-electron chi connectivity index (χ2n) is 9.04. The van der Waals surface area contributed by atoms with Crippen LogP contribution >= 0.6 is 11.6 Å². The van der Waals surface area contributed by atoms with Crippen molar-refractivity contribution in [1.29, 1.82) is 0 Å². The topological polar surface area (TPSA) is 41.0 Å². The fourth-order valence-electron chi connectivity index (χ4n) is 4.17. The van der Waals surface area contributed by atoms with E-state index in [0.29, 0.717) is 6.04 Å². The van der Waals surface area contributed by atoms with E-state index in [1.165, 1.54) is 0 Å². The Morgan fingerprint density at radius 1 is 0.941 bits per heavy atom. The first kappa shape index (κ1) is 24.2. The Hall–Kier alpha value is -2.95. The maximum Gasteiger partial charge on any atom is 0.162 e. The van der Waals surface area contributed by atoms with Crippen LogP contribution in [0.3, 0.4) is 0 Å². The van der Waals surface area contributed by atoms with Crippen LogP contribution in [0.1, 0.15) is 32.3 Å². The third kappa shape index (κ3) is 5.75. The van der Waals surface area contributed by atoms with Gasteiger partial charge in [-0.25, -0.2) is 9.97 Å². The predicted molar refractivity (Wildman–Crippen MR) is 146 cm³/mol. The van der Waals surface area contributed by atoms with Crippen LogP contribution in [0.2, 0.25) is 5.02 Å². The molecule has 0 saturated heterocycles. The van der Waals surface area contributed by atoms with Gasteiger partial charge in [-0.2, -0.15) is 0 Å². The largest absolute Gasteiger partial charge is 0.367 e. The van der Waals surface area contributed by atoms with Gasteiger partial charge in [-0.1, -0.05) is 61.0 Å². The maximum atomic E-state index is 6.23. The van der Waals surface area contributed by atoms with Crippen LogP contribution in [0.5, 0.6) is 0 Å². The number of aryl methyl sites for hydroxylation is 1. The summed E-state index contributed by atoms with van der Waals surface area (Å²) in [5.74, 6) is 1.62. The van der Waals surface area contributed by atoms with E-state index in [2.05, 4.69) is 86.6 Å². The molecule has 4 aromatic rings. The van der Waals surface area contributed by atoms with E-state index in [1.54, 1.807) is 0 Å². The molecule has 4 nitrogen and oxygen atoms in total. The second kappa shape index (κ2) is 11.0. The van der Waals surface area contributed by atoms with E-state index in [-0.39, 0.29) is 0 Å². The molecule has 0 aliphatic carbocycles. The zero-order valence-electron chi connectivity index (χ0n) is 20.5. The highest BCUT2D eigenvalue weighted by molar-refractivity contribution is 6.30. The number of fused-ring (bicyclic) bond motifs is 1. The summed E-state index contributed by atoms with van der Waals surface area (Å²) in [6.07, 6.45) is 2.23. The summed E-state index contributed by atoms with van der Waals surface area (Å²) in [6.45, 7) is 8.72. The number of halogens is 1. The molecular formula is C29H33ClN4. The number of nitrogens with one attached hydrogen (secondary N) is 1. The minimum atomic E-state index is 0.314. The molecule has 34 heavy (non-hydrogen) atoms. The lowest BCUT2D eigenvalue weighted by Crippen LogP contribution is -2.22. The van der Waals surface area contributed by atoms with Gasteiger partial charge in [-0.05, 0) is 87.8 Å². The van der Waals surface area contributed by atoms with Crippen molar-refractivity contribution in [1.82, 2.24) is 14.9 Å². The van der Waals surface area contributed by atoms with E-state index < -0.39 is 0 Å². The van der Waals surface area contributed by atoms with Gasteiger partial charge < -0.3 is 10.2 Å². The highest BCUT2D eigenvalue weighted by Gasteiger charge is 2.14. The lowest BCUT2D eigenvalue weighted by molar-refractivity contribution is 0.340. The van der Waals surface area contributed by atoms with Gasteiger partial charge in [0.05, 0.1) is 5.52 Å². The molecule has 3 aromatic carbocycles. The minimum absolute atomic E-state index is 0.314. The van der Waals surface area contributed by atoms with Crippen molar-refractivity contribution in [2.24, 2.45) is 0 Å². The zero-order chi connectivity index (χ0) is 24.1. The summed E-state index contributed by atoms with van der Waals surface area (Å²) in [4.78, 5) is 12.3. The third-order valence-electron chi connectivity index (χ3n) is 6.31. The summed E-state index contributed by atoms with van der Waals surface area (Å²) in [6, 6.07) is 22.9. The monoisotopic (exact) mass is 472 g/mol. The van der Waals surface area contributed by atoms with E-state index in [1.807, 2.05) is 18.2 Å². The average molecular weight is 473 g/mol. The molecule has 0 aliphatic rings. The van der Waals surface area contributed by atoms with Crippen molar-refractivity contribution in [2.75, 3.05) is 25.5 Å². The highest BCUT2D eigenvalue weighted by Crippen LogP contribution is 2.30. The van der Waals surface area contributed by atoms with Crippen molar-refractivity contribution in [2.45, 2.75) is 39.7 Å². The quantitative estimate of drug-likeness (QED) is 0.274. The van der Waals surface area contributed by atoms with Gasteiger partial charge in [-0.3, -0.25) is 0 Å². The minimum Gasteiger partial charge on any atom is -0.367 e. The molecule has 0 saturated carbocycles. The molecule has 4 rings (SSSR count). The summed E-state index contributed by atoms with van der Waals surface area (Å²) >= 11 is 6.23. The maximum absolute atomic E-state index is 6.23. The molecule has 1 aromatic heterocycles. The molecule has 5 heteroatoms.